The molecule has 1 nitrogen and oxygen atoms in total. The summed E-state index contributed by atoms with van der Waals surface area (Å²) in [6.07, 6.45) is 11.5. The molecular formula is C14H29N. The molecule has 0 heterocycles. The SMILES string of the molecule is CCCNCC1CCCCCC1CCC. The third-order valence-electron chi connectivity index (χ3n) is 3.81. The highest BCUT2D eigenvalue weighted by atomic mass is 14.9. The van der Waals surface area contributed by atoms with E-state index in [2.05, 4.69) is 19.2 Å². The van der Waals surface area contributed by atoms with Crippen LogP contribution in [-0.2, 0) is 0 Å². The normalized spacial score (nSPS) is 27.6. The standard InChI is InChI=1S/C14H29N/c1-3-8-13-9-6-5-7-10-14(13)12-15-11-4-2/h13-15H,3-12H2,1-2H3. The summed E-state index contributed by atoms with van der Waals surface area (Å²) in [6, 6.07) is 0. The molecular weight excluding hydrogens is 182 g/mol. The van der Waals surface area contributed by atoms with Gasteiger partial charge in [-0.05, 0) is 37.8 Å². The Labute approximate surface area is 96.0 Å². The predicted octanol–water partition coefficient (Wildman–Crippen LogP) is 3.98. The smallest absolute Gasteiger partial charge is 0.00179 e. The average Bonchev–Trinajstić information content (AvgIpc) is 2.45. The van der Waals surface area contributed by atoms with Crippen molar-refractivity contribution >= 4 is 0 Å². The molecule has 1 rings (SSSR count). The van der Waals surface area contributed by atoms with Gasteiger partial charge in [0.05, 0.1) is 0 Å². The van der Waals surface area contributed by atoms with Crippen molar-refractivity contribution in [1.29, 1.82) is 0 Å². The van der Waals surface area contributed by atoms with E-state index < -0.39 is 0 Å². The summed E-state index contributed by atoms with van der Waals surface area (Å²) in [5, 5.41) is 3.62. The van der Waals surface area contributed by atoms with E-state index in [-0.39, 0.29) is 0 Å². The van der Waals surface area contributed by atoms with Crippen LogP contribution in [0.25, 0.3) is 0 Å². The molecule has 0 spiro atoms. The van der Waals surface area contributed by atoms with Gasteiger partial charge in [-0.25, -0.2) is 0 Å². The van der Waals surface area contributed by atoms with Crippen molar-refractivity contribution in [3.63, 3.8) is 0 Å². The molecule has 0 aliphatic heterocycles. The summed E-state index contributed by atoms with van der Waals surface area (Å²) >= 11 is 0. The fourth-order valence-electron chi connectivity index (χ4n) is 2.95. The van der Waals surface area contributed by atoms with Gasteiger partial charge in [0.25, 0.3) is 0 Å². The van der Waals surface area contributed by atoms with E-state index in [4.69, 9.17) is 0 Å². The van der Waals surface area contributed by atoms with Crippen molar-refractivity contribution in [2.45, 2.75) is 65.2 Å². The van der Waals surface area contributed by atoms with Crippen LogP contribution < -0.4 is 5.32 Å². The minimum atomic E-state index is 0.971. The molecule has 2 unspecified atom stereocenters. The highest BCUT2D eigenvalue weighted by Gasteiger charge is 2.22. The summed E-state index contributed by atoms with van der Waals surface area (Å²) in [5.74, 6) is 1.99. The van der Waals surface area contributed by atoms with Gasteiger partial charge in [-0.2, -0.15) is 0 Å². The first-order valence-corrected chi connectivity index (χ1v) is 7.09. The van der Waals surface area contributed by atoms with Crippen molar-refractivity contribution in [2.75, 3.05) is 13.1 Å². The van der Waals surface area contributed by atoms with E-state index in [1.165, 1.54) is 64.5 Å². The fourth-order valence-corrected chi connectivity index (χ4v) is 2.95. The van der Waals surface area contributed by atoms with Crippen LogP contribution in [0.15, 0.2) is 0 Å². The van der Waals surface area contributed by atoms with Gasteiger partial charge in [0.2, 0.25) is 0 Å². The molecule has 90 valence electrons. The predicted molar refractivity (Wildman–Crippen MR) is 68.1 cm³/mol. The van der Waals surface area contributed by atoms with Crippen LogP contribution >= 0.6 is 0 Å². The molecule has 1 aliphatic carbocycles. The van der Waals surface area contributed by atoms with E-state index in [9.17, 15) is 0 Å². The van der Waals surface area contributed by atoms with Crippen molar-refractivity contribution < 1.29 is 0 Å². The van der Waals surface area contributed by atoms with Crippen LogP contribution in [0, 0.1) is 11.8 Å². The number of hydrogen-bond acceptors (Lipinski definition) is 1. The first-order chi connectivity index (χ1) is 7.38. The number of hydrogen-bond donors (Lipinski definition) is 1. The summed E-state index contributed by atoms with van der Waals surface area (Å²) in [7, 11) is 0. The molecule has 1 saturated carbocycles. The molecule has 0 bridgehead atoms. The molecule has 15 heavy (non-hydrogen) atoms. The fraction of sp³-hybridized carbons (Fsp3) is 1.00. The minimum Gasteiger partial charge on any atom is -0.316 e. The molecule has 0 aromatic carbocycles. The van der Waals surface area contributed by atoms with Gasteiger partial charge in [0.1, 0.15) is 0 Å². The Hall–Kier alpha value is -0.0400. The molecule has 1 heteroatoms. The second kappa shape index (κ2) is 8.15. The Morgan fingerprint density at radius 2 is 1.67 bits per heavy atom. The maximum atomic E-state index is 3.62. The zero-order valence-corrected chi connectivity index (χ0v) is 10.7. The van der Waals surface area contributed by atoms with Crippen molar-refractivity contribution in [1.82, 2.24) is 5.32 Å². The molecule has 0 amide bonds. The number of rotatable bonds is 6. The molecule has 1 aliphatic rings. The monoisotopic (exact) mass is 211 g/mol. The van der Waals surface area contributed by atoms with Crippen LogP contribution in [0.2, 0.25) is 0 Å². The average molecular weight is 211 g/mol. The molecule has 1 N–H and O–H groups in total. The van der Waals surface area contributed by atoms with Crippen molar-refractivity contribution in [3.8, 4) is 0 Å². The first kappa shape index (κ1) is 13.0. The zero-order valence-electron chi connectivity index (χ0n) is 10.7. The summed E-state index contributed by atoms with van der Waals surface area (Å²) in [6.45, 7) is 7.07. The first-order valence-electron chi connectivity index (χ1n) is 7.09. The van der Waals surface area contributed by atoms with Crippen LogP contribution in [0.1, 0.15) is 65.2 Å². The van der Waals surface area contributed by atoms with Crippen LogP contribution in [0.4, 0.5) is 0 Å². The van der Waals surface area contributed by atoms with Gasteiger partial charge < -0.3 is 5.32 Å². The second-order valence-electron chi connectivity index (χ2n) is 5.15. The van der Waals surface area contributed by atoms with Gasteiger partial charge >= 0.3 is 0 Å². The van der Waals surface area contributed by atoms with Gasteiger partial charge in [0.15, 0.2) is 0 Å². The third-order valence-corrected chi connectivity index (χ3v) is 3.81. The van der Waals surface area contributed by atoms with Gasteiger partial charge in [-0.1, -0.05) is 52.4 Å². The highest BCUT2D eigenvalue weighted by molar-refractivity contribution is 4.75. The Balaban J connectivity index is 2.32. The lowest BCUT2D eigenvalue weighted by molar-refractivity contribution is 0.282. The molecule has 2 atom stereocenters. The largest absolute Gasteiger partial charge is 0.316 e. The summed E-state index contributed by atoms with van der Waals surface area (Å²) in [4.78, 5) is 0. The lowest BCUT2D eigenvalue weighted by atomic mass is 9.84. The van der Waals surface area contributed by atoms with E-state index >= 15 is 0 Å². The maximum Gasteiger partial charge on any atom is -0.00179 e. The number of nitrogens with one attached hydrogen (secondary N) is 1. The van der Waals surface area contributed by atoms with Crippen LogP contribution in [0.5, 0.6) is 0 Å². The lowest BCUT2D eigenvalue weighted by Crippen LogP contribution is -2.28. The zero-order chi connectivity index (χ0) is 10.9. The summed E-state index contributed by atoms with van der Waals surface area (Å²) < 4.78 is 0. The lowest BCUT2D eigenvalue weighted by Gasteiger charge is -2.25. The Bertz CT molecular complexity index is 144. The maximum absolute atomic E-state index is 3.62. The second-order valence-corrected chi connectivity index (χ2v) is 5.15. The van der Waals surface area contributed by atoms with Crippen LogP contribution in [-0.4, -0.2) is 13.1 Å². The Morgan fingerprint density at radius 3 is 2.33 bits per heavy atom. The highest BCUT2D eigenvalue weighted by Crippen LogP contribution is 2.31. The molecule has 0 aromatic heterocycles. The third kappa shape index (κ3) is 5.01. The topological polar surface area (TPSA) is 12.0 Å². The molecule has 0 aromatic rings. The van der Waals surface area contributed by atoms with Crippen LogP contribution in [0.3, 0.4) is 0 Å². The van der Waals surface area contributed by atoms with Gasteiger partial charge in [-0.15, -0.1) is 0 Å². The minimum absolute atomic E-state index is 0.971. The van der Waals surface area contributed by atoms with E-state index in [1.807, 2.05) is 0 Å². The molecule has 1 fully saturated rings. The van der Waals surface area contributed by atoms with Gasteiger partial charge in [-0.3, -0.25) is 0 Å². The van der Waals surface area contributed by atoms with Crippen molar-refractivity contribution in [2.24, 2.45) is 11.8 Å². The van der Waals surface area contributed by atoms with E-state index in [1.54, 1.807) is 0 Å². The quantitative estimate of drug-likeness (QED) is 0.517. The molecule has 0 saturated heterocycles. The van der Waals surface area contributed by atoms with E-state index in [0.717, 1.165) is 11.8 Å². The Morgan fingerprint density at radius 1 is 0.933 bits per heavy atom. The van der Waals surface area contributed by atoms with E-state index in [0.29, 0.717) is 0 Å². The van der Waals surface area contributed by atoms with Crippen molar-refractivity contribution in [3.05, 3.63) is 0 Å². The van der Waals surface area contributed by atoms with Gasteiger partial charge in [0, 0.05) is 0 Å². The molecule has 0 radical (unpaired) electrons. The summed E-state index contributed by atoms with van der Waals surface area (Å²) in [5.41, 5.74) is 0. The Kier molecular flexibility index (Phi) is 7.08.